The van der Waals surface area contributed by atoms with Crippen LogP contribution >= 0.6 is 0 Å². The van der Waals surface area contributed by atoms with E-state index >= 15 is 0 Å². The maximum atomic E-state index is 4.18. The van der Waals surface area contributed by atoms with Gasteiger partial charge in [-0.3, -0.25) is 0 Å². The lowest BCUT2D eigenvalue weighted by Crippen LogP contribution is -2.30. The smallest absolute Gasteiger partial charge is 0.120 e. The van der Waals surface area contributed by atoms with Gasteiger partial charge in [-0.05, 0) is 17.8 Å². The van der Waals surface area contributed by atoms with E-state index in [0.29, 0.717) is 5.41 Å². The largest absolute Gasteiger partial charge is 0.348 e. The van der Waals surface area contributed by atoms with E-state index in [1.807, 2.05) is 6.20 Å². The van der Waals surface area contributed by atoms with Gasteiger partial charge in [0.25, 0.3) is 0 Å². The molecule has 1 rings (SSSR count). The number of aromatic amines is 1. The fourth-order valence-corrected chi connectivity index (χ4v) is 2.09. The maximum Gasteiger partial charge on any atom is 0.120 e. The van der Waals surface area contributed by atoms with Crippen LogP contribution in [-0.2, 0) is 6.54 Å². The second-order valence-corrected chi connectivity index (χ2v) is 5.40. The van der Waals surface area contributed by atoms with Crippen molar-refractivity contribution in [2.45, 2.75) is 40.7 Å². The molecule has 0 saturated heterocycles. The van der Waals surface area contributed by atoms with E-state index < -0.39 is 0 Å². The Bertz CT molecular complexity index is 262. The van der Waals surface area contributed by atoms with Crippen LogP contribution in [0.4, 0.5) is 0 Å². The van der Waals surface area contributed by atoms with Crippen molar-refractivity contribution in [1.29, 1.82) is 0 Å². The molecule has 0 amide bonds. The van der Waals surface area contributed by atoms with Crippen LogP contribution in [0.1, 0.15) is 39.9 Å². The Hall–Kier alpha value is -0.830. The van der Waals surface area contributed by atoms with Crippen molar-refractivity contribution < 1.29 is 0 Å². The predicted octanol–water partition coefficient (Wildman–Crippen LogP) is 2.57. The predicted molar refractivity (Wildman–Crippen MR) is 63.5 cm³/mol. The maximum absolute atomic E-state index is 4.18. The molecule has 1 aromatic rings. The summed E-state index contributed by atoms with van der Waals surface area (Å²) >= 11 is 0. The molecule has 15 heavy (non-hydrogen) atoms. The molecule has 86 valence electrons. The Morgan fingerprint density at radius 2 is 2.20 bits per heavy atom. The second-order valence-electron chi connectivity index (χ2n) is 5.40. The highest BCUT2D eigenvalue weighted by atomic mass is 15.0. The molecule has 0 aliphatic heterocycles. The third-order valence-corrected chi connectivity index (χ3v) is 2.41. The number of rotatable bonds is 6. The van der Waals surface area contributed by atoms with Crippen LogP contribution in [-0.4, -0.2) is 16.5 Å². The lowest BCUT2D eigenvalue weighted by Gasteiger charge is -2.26. The van der Waals surface area contributed by atoms with E-state index in [1.165, 1.54) is 6.42 Å². The zero-order valence-electron chi connectivity index (χ0n) is 10.3. The molecule has 1 heterocycles. The molecule has 0 unspecified atom stereocenters. The van der Waals surface area contributed by atoms with Crippen molar-refractivity contribution in [1.82, 2.24) is 15.3 Å². The average molecular weight is 209 g/mol. The first kappa shape index (κ1) is 12.2. The van der Waals surface area contributed by atoms with Gasteiger partial charge in [0.05, 0.1) is 6.54 Å². The van der Waals surface area contributed by atoms with E-state index in [4.69, 9.17) is 0 Å². The summed E-state index contributed by atoms with van der Waals surface area (Å²) in [5.74, 6) is 1.76. The van der Waals surface area contributed by atoms with E-state index in [1.54, 1.807) is 6.20 Å². The van der Waals surface area contributed by atoms with Crippen LogP contribution in [0.5, 0.6) is 0 Å². The highest BCUT2D eigenvalue weighted by molar-refractivity contribution is 4.86. The quantitative estimate of drug-likeness (QED) is 0.756. The van der Waals surface area contributed by atoms with Gasteiger partial charge in [-0.2, -0.15) is 0 Å². The first-order chi connectivity index (χ1) is 6.99. The van der Waals surface area contributed by atoms with E-state index in [0.717, 1.165) is 24.8 Å². The third kappa shape index (κ3) is 4.98. The topological polar surface area (TPSA) is 40.7 Å². The fraction of sp³-hybridized carbons (Fsp3) is 0.750. The molecule has 0 aliphatic carbocycles. The van der Waals surface area contributed by atoms with Gasteiger partial charge < -0.3 is 10.3 Å². The summed E-state index contributed by atoms with van der Waals surface area (Å²) < 4.78 is 0. The molecule has 3 nitrogen and oxygen atoms in total. The summed E-state index contributed by atoms with van der Waals surface area (Å²) in [5, 5.41) is 3.44. The van der Waals surface area contributed by atoms with E-state index in [-0.39, 0.29) is 0 Å². The molecule has 0 aliphatic rings. The van der Waals surface area contributed by atoms with Crippen molar-refractivity contribution in [2.24, 2.45) is 11.3 Å². The number of nitrogens with zero attached hydrogens (tertiary/aromatic N) is 1. The molecule has 2 N–H and O–H groups in total. The van der Waals surface area contributed by atoms with Gasteiger partial charge in [0.2, 0.25) is 0 Å². The Kier molecular flexibility index (Phi) is 4.33. The summed E-state index contributed by atoms with van der Waals surface area (Å²) in [6, 6.07) is 0. The minimum atomic E-state index is 0.362. The van der Waals surface area contributed by atoms with Crippen molar-refractivity contribution in [3.8, 4) is 0 Å². The van der Waals surface area contributed by atoms with Crippen LogP contribution in [0.25, 0.3) is 0 Å². The highest BCUT2D eigenvalue weighted by Gasteiger charge is 2.18. The standard InChI is InChI=1S/C12H23N3/c1-10(2)7-12(3,4)9-13-8-11-14-5-6-15-11/h5-6,10,13H,7-9H2,1-4H3,(H,14,15). The van der Waals surface area contributed by atoms with E-state index in [9.17, 15) is 0 Å². The van der Waals surface area contributed by atoms with Crippen molar-refractivity contribution in [3.05, 3.63) is 18.2 Å². The van der Waals surface area contributed by atoms with Gasteiger partial charge in [0.1, 0.15) is 5.82 Å². The summed E-state index contributed by atoms with van der Waals surface area (Å²) in [6.07, 6.45) is 4.89. The van der Waals surface area contributed by atoms with Gasteiger partial charge in [0.15, 0.2) is 0 Å². The zero-order chi connectivity index (χ0) is 11.3. The molecule has 0 fully saturated rings. The number of aromatic nitrogens is 2. The van der Waals surface area contributed by atoms with Crippen molar-refractivity contribution >= 4 is 0 Å². The molecule has 0 saturated carbocycles. The zero-order valence-corrected chi connectivity index (χ0v) is 10.3. The summed E-state index contributed by atoms with van der Waals surface area (Å²) in [5.41, 5.74) is 0.362. The first-order valence-electron chi connectivity index (χ1n) is 5.68. The van der Waals surface area contributed by atoms with Crippen molar-refractivity contribution in [3.63, 3.8) is 0 Å². The Balaban J connectivity index is 2.24. The van der Waals surface area contributed by atoms with Crippen LogP contribution in [0.15, 0.2) is 12.4 Å². The second kappa shape index (κ2) is 5.31. The van der Waals surface area contributed by atoms with Crippen LogP contribution in [0.2, 0.25) is 0 Å². The number of imidazole rings is 1. The Morgan fingerprint density at radius 1 is 1.47 bits per heavy atom. The van der Waals surface area contributed by atoms with Crippen LogP contribution in [0.3, 0.4) is 0 Å². The molecular weight excluding hydrogens is 186 g/mol. The highest BCUT2D eigenvalue weighted by Crippen LogP contribution is 2.23. The monoisotopic (exact) mass is 209 g/mol. The van der Waals surface area contributed by atoms with Crippen molar-refractivity contribution in [2.75, 3.05) is 6.54 Å². The number of hydrogen-bond acceptors (Lipinski definition) is 2. The molecule has 1 aromatic heterocycles. The fourth-order valence-electron chi connectivity index (χ4n) is 2.09. The minimum absolute atomic E-state index is 0.362. The van der Waals surface area contributed by atoms with Gasteiger partial charge >= 0.3 is 0 Å². The van der Waals surface area contributed by atoms with Gasteiger partial charge in [-0.25, -0.2) is 4.98 Å². The minimum Gasteiger partial charge on any atom is -0.348 e. The average Bonchev–Trinajstić information content (AvgIpc) is 2.53. The molecule has 3 heteroatoms. The summed E-state index contributed by atoms with van der Waals surface area (Å²) in [7, 11) is 0. The molecule has 0 radical (unpaired) electrons. The Morgan fingerprint density at radius 3 is 2.73 bits per heavy atom. The molecule has 0 atom stereocenters. The molecule has 0 bridgehead atoms. The van der Waals surface area contributed by atoms with Crippen LogP contribution < -0.4 is 5.32 Å². The Labute approximate surface area is 92.7 Å². The number of hydrogen-bond donors (Lipinski definition) is 2. The summed E-state index contributed by atoms with van der Waals surface area (Å²) in [6.45, 7) is 11.0. The number of H-pyrrole nitrogens is 1. The lowest BCUT2D eigenvalue weighted by molar-refractivity contribution is 0.272. The normalized spacial score (nSPS) is 12.3. The molecular formula is C12H23N3. The third-order valence-electron chi connectivity index (χ3n) is 2.41. The molecule has 0 spiro atoms. The number of nitrogens with one attached hydrogen (secondary N) is 2. The van der Waals surface area contributed by atoms with Crippen LogP contribution in [0, 0.1) is 11.3 Å². The van der Waals surface area contributed by atoms with Gasteiger partial charge in [-0.1, -0.05) is 27.7 Å². The van der Waals surface area contributed by atoms with Gasteiger partial charge in [-0.15, -0.1) is 0 Å². The first-order valence-corrected chi connectivity index (χ1v) is 5.68. The summed E-state index contributed by atoms with van der Waals surface area (Å²) in [4.78, 5) is 7.27. The lowest BCUT2D eigenvalue weighted by atomic mass is 9.84. The van der Waals surface area contributed by atoms with Gasteiger partial charge in [0, 0.05) is 18.9 Å². The molecule has 0 aromatic carbocycles. The van der Waals surface area contributed by atoms with E-state index in [2.05, 4.69) is 43.0 Å². The SMILES string of the molecule is CC(C)CC(C)(C)CNCc1ncc[nH]1.